The van der Waals surface area contributed by atoms with Gasteiger partial charge in [-0.05, 0) is 31.1 Å². The van der Waals surface area contributed by atoms with E-state index in [2.05, 4.69) is 19.2 Å². The molecular formula is C16H28N2O2. The summed E-state index contributed by atoms with van der Waals surface area (Å²) in [7, 11) is 0. The van der Waals surface area contributed by atoms with Gasteiger partial charge in [0.05, 0.1) is 0 Å². The molecule has 2 amide bonds. The quantitative estimate of drug-likeness (QED) is 0.859. The van der Waals surface area contributed by atoms with E-state index in [1.165, 1.54) is 32.1 Å². The van der Waals surface area contributed by atoms with Gasteiger partial charge in [0.15, 0.2) is 0 Å². The van der Waals surface area contributed by atoms with Crippen LogP contribution >= 0.6 is 0 Å². The van der Waals surface area contributed by atoms with E-state index in [0.717, 1.165) is 13.0 Å². The second-order valence-corrected chi connectivity index (χ2v) is 6.79. The largest absolute Gasteiger partial charge is 0.344 e. The zero-order chi connectivity index (χ0) is 14.5. The maximum absolute atomic E-state index is 12.6. The van der Waals surface area contributed by atoms with Crippen molar-refractivity contribution in [2.24, 2.45) is 11.8 Å². The summed E-state index contributed by atoms with van der Waals surface area (Å²) >= 11 is 0. The lowest BCUT2D eigenvalue weighted by Gasteiger charge is -2.30. The van der Waals surface area contributed by atoms with Gasteiger partial charge < -0.3 is 10.2 Å². The summed E-state index contributed by atoms with van der Waals surface area (Å²) in [4.78, 5) is 26.3. The van der Waals surface area contributed by atoms with Crippen LogP contribution in [0.3, 0.4) is 0 Å². The summed E-state index contributed by atoms with van der Waals surface area (Å²) in [6, 6.07) is -0.311. The number of nitrogens with one attached hydrogen (secondary N) is 1. The van der Waals surface area contributed by atoms with E-state index in [4.69, 9.17) is 0 Å². The van der Waals surface area contributed by atoms with E-state index in [1.54, 1.807) is 0 Å². The molecular weight excluding hydrogens is 252 g/mol. The number of hydrogen-bond donors (Lipinski definition) is 1. The molecule has 4 heteroatoms. The average Bonchev–Trinajstić information content (AvgIpc) is 2.53. The highest BCUT2D eigenvalue weighted by Crippen LogP contribution is 2.25. The molecule has 1 atom stereocenters. The van der Waals surface area contributed by atoms with Crippen molar-refractivity contribution in [3.05, 3.63) is 0 Å². The van der Waals surface area contributed by atoms with Crippen molar-refractivity contribution in [3.63, 3.8) is 0 Å². The van der Waals surface area contributed by atoms with Crippen LogP contribution in [0.25, 0.3) is 0 Å². The van der Waals surface area contributed by atoms with Crippen molar-refractivity contribution in [2.75, 3.05) is 13.1 Å². The summed E-state index contributed by atoms with van der Waals surface area (Å²) in [6.45, 7) is 5.63. The standard InChI is InChI=1S/C16H28N2O2/c1-12(2)10-14-16(20)18(9-8-15(19)17-14)11-13-6-4-3-5-7-13/h12-14H,3-11H2,1-2H3,(H,17,19). The lowest BCUT2D eigenvalue weighted by molar-refractivity contribution is -0.134. The Morgan fingerprint density at radius 3 is 2.55 bits per heavy atom. The van der Waals surface area contributed by atoms with Gasteiger partial charge in [-0.25, -0.2) is 0 Å². The Morgan fingerprint density at radius 1 is 1.20 bits per heavy atom. The molecule has 0 aromatic rings. The molecule has 1 aliphatic carbocycles. The molecule has 4 nitrogen and oxygen atoms in total. The zero-order valence-corrected chi connectivity index (χ0v) is 12.9. The Labute approximate surface area is 122 Å². The Balaban J connectivity index is 1.98. The molecule has 1 aliphatic heterocycles. The number of nitrogens with zero attached hydrogens (tertiary/aromatic N) is 1. The van der Waals surface area contributed by atoms with Gasteiger partial charge in [-0.3, -0.25) is 9.59 Å². The smallest absolute Gasteiger partial charge is 0.245 e. The topological polar surface area (TPSA) is 49.4 Å². The molecule has 1 saturated heterocycles. The summed E-state index contributed by atoms with van der Waals surface area (Å²) in [6.07, 6.45) is 7.58. The summed E-state index contributed by atoms with van der Waals surface area (Å²) in [5.41, 5.74) is 0. The number of rotatable bonds is 4. The molecule has 0 aromatic heterocycles. The fraction of sp³-hybridized carbons (Fsp3) is 0.875. The van der Waals surface area contributed by atoms with E-state index in [1.807, 2.05) is 4.90 Å². The number of carbonyl (C=O) groups excluding carboxylic acids is 2. The van der Waals surface area contributed by atoms with Crippen LogP contribution in [0.2, 0.25) is 0 Å². The molecule has 1 heterocycles. The molecule has 1 unspecified atom stereocenters. The SMILES string of the molecule is CC(C)CC1NC(=O)CCN(CC2CCCCC2)C1=O. The van der Waals surface area contributed by atoms with Gasteiger partial charge in [0.25, 0.3) is 0 Å². The minimum atomic E-state index is -0.311. The minimum Gasteiger partial charge on any atom is -0.344 e. The fourth-order valence-electron chi connectivity index (χ4n) is 3.39. The molecule has 1 saturated carbocycles. The van der Waals surface area contributed by atoms with Gasteiger partial charge in [-0.2, -0.15) is 0 Å². The average molecular weight is 280 g/mol. The van der Waals surface area contributed by atoms with E-state index in [-0.39, 0.29) is 17.9 Å². The molecule has 2 aliphatic rings. The second kappa shape index (κ2) is 7.09. The van der Waals surface area contributed by atoms with Crippen LogP contribution in [0, 0.1) is 11.8 Å². The first kappa shape index (κ1) is 15.3. The van der Waals surface area contributed by atoms with Gasteiger partial charge in [0.2, 0.25) is 11.8 Å². The lowest BCUT2D eigenvalue weighted by Crippen LogP contribution is -2.46. The molecule has 2 fully saturated rings. The first-order valence-corrected chi connectivity index (χ1v) is 8.14. The Morgan fingerprint density at radius 2 is 1.90 bits per heavy atom. The van der Waals surface area contributed by atoms with Gasteiger partial charge in [0.1, 0.15) is 6.04 Å². The normalized spacial score (nSPS) is 25.8. The van der Waals surface area contributed by atoms with Gasteiger partial charge in [0, 0.05) is 19.5 Å². The van der Waals surface area contributed by atoms with Crippen LogP contribution in [0.1, 0.15) is 58.8 Å². The Bertz CT molecular complexity index is 348. The molecule has 20 heavy (non-hydrogen) atoms. The van der Waals surface area contributed by atoms with Gasteiger partial charge in [-0.15, -0.1) is 0 Å². The monoisotopic (exact) mass is 280 g/mol. The maximum Gasteiger partial charge on any atom is 0.245 e. The van der Waals surface area contributed by atoms with Crippen LogP contribution in [0.4, 0.5) is 0 Å². The van der Waals surface area contributed by atoms with Crippen LogP contribution in [0.15, 0.2) is 0 Å². The highest BCUT2D eigenvalue weighted by atomic mass is 16.2. The molecule has 2 rings (SSSR count). The van der Waals surface area contributed by atoms with Crippen LogP contribution in [-0.4, -0.2) is 35.8 Å². The summed E-state index contributed by atoms with van der Waals surface area (Å²) < 4.78 is 0. The van der Waals surface area contributed by atoms with E-state index in [0.29, 0.717) is 24.8 Å². The first-order valence-electron chi connectivity index (χ1n) is 8.14. The molecule has 1 N–H and O–H groups in total. The van der Waals surface area contributed by atoms with Crippen molar-refractivity contribution in [2.45, 2.75) is 64.8 Å². The predicted octanol–water partition coefficient (Wildman–Crippen LogP) is 2.33. The zero-order valence-electron chi connectivity index (χ0n) is 12.9. The second-order valence-electron chi connectivity index (χ2n) is 6.79. The highest BCUT2D eigenvalue weighted by molar-refractivity contribution is 5.89. The molecule has 0 spiro atoms. The Hall–Kier alpha value is -1.06. The van der Waals surface area contributed by atoms with Crippen molar-refractivity contribution in [1.82, 2.24) is 10.2 Å². The highest BCUT2D eigenvalue weighted by Gasteiger charge is 2.31. The molecule has 0 bridgehead atoms. The van der Waals surface area contributed by atoms with Crippen LogP contribution < -0.4 is 5.32 Å². The van der Waals surface area contributed by atoms with E-state index < -0.39 is 0 Å². The third-order valence-corrected chi connectivity index (χ3v) is 4.46. The van der Waals surface area contributed by atoms with Crippen molar-refractivity contribution >= 4 is 11.8 Å². The minimum absolute atomic E-state index is 0.0233. The van der Waals surface area contributed by atoms with Gasteiger partial charge >= 0.3 is 0 Å². The molecule has 0 aromatic carbocycles. The van der Waals surface area contributed by atoms with Crippen LogP contribution in [0.5, 0.6) is 0 Å². The Kier molecular flexibility index (Phi) is 5.44. The van der Waals surface area contributed by atoms with Crippen molar-refractivity contribution in [3.8, 4) is 0 Å². The molecule has 114 valence electrons. The third-order valence-electron chi connectivity index (χ3n) is 4.46. The van der Waals surface area contributed by atoms with E-state index in [9.17, 15) is 9.59 Å². The molecule has 0 radical (unpaired) electrons. The number of carbonyl (C=O) groups is 2. The third kappa shape index (κ3) is 4.22. The van der Waals surface area contributed by atoms with Crippen LogP contribution in [-0.2, 0) is 9.59 Å². The first-order chi connectivity index (χ1) is 9.56. The fourth-order valence-corrected chi connectivity index (χ4v) is 3.39. The summed E-state index contributed by atoms with van der Waals surface area (Å²) in [5, 5.41) is 2.90. The number of amides is 2. The van der Waals surface area contributed by atoms with E-state index >= 15 is 0 Å². The predicted molar refractivity (Wildman–Crippen MR) is 79.2 cm³/mol. The van der Waals surface area contributed by atoms with Crippen molar-refractivity contribution in [1.29, 1.82) is 0 Å². The lowest BCUT2D eigenvalue weighted by atomic mass is 9.88. The van der Waals surface area contributed by atoms with Gasteiger partial charge in [-0.1, -0.05) is 33.1 Å². The van der Waals surface area contributed by atoms with Crippen molar-refractivity contribution < 1.29 is 9.59 Å². The maximum atomic E-state index is 12.6. The number of hydrogen-bond acceptors (Lipinski definition) is 2. The summed E-state index contributed by atoms with van der Waals surface area (Å²) in [5.74, 6) is 1.21.